The summed E-state index contributed by atoms with van der Waals surface area (Å²) in [6.45, 7) is 2.43. The maximum atomic E-state index is 14.0. The lowest BCUT2D eigenvalue weighted by Gasteiger charge is -2.08. The van der Waals surface area contributed by atoms with Crippen molar-refractivity contribution in [2.24, 2.45) is 0 Å². The van der Waals surface area contributed by atoms with Gasteiger partial charge in [0.25, 0.3) is 15.0 Å². The lowest BCUT2D eigenvalue weighted by Crippen LogP contribution is -2.26. The van der Waals surface area contributed by atoms with Crippen LogP contribution in [0.15, 0.2) is 21.5 Å². The quantitative estimate of drug-likeness (QED) is 0.602. The molecule has 0 spiro atoms. The van der Waals surface area contributed by atoms with E-state index in [1.165, 1.54) is 6.07 Å². The van der Waals surface area contributed by atoms with Crippen LogP contribution >= 0.6 is 26.6 Å². The molecule has 0 aliphatic carbocycles. The van der Waals surface area contributed by atoms with Gasteiger partial charge >= 0.3 is 0 Å². The van der Waals surface area contributed by atoms with E-state index in [-0.39, 0.29) is 10.0 Å². The molecule has 4 nitrogen and oxygen atoms in total. The highest BCUT2D eigenvalue weighted by molar-refractivity contribution is 9.10. The van der Waals surface area contributed by atoms with Crippen LogP contribution in [0.3, 0.4) is 0 Å². The van der Waals surface area contributed by atoms with Crippen LogP contribution in [-0.4, -0.2) is 20.9 Å². The number of hydrogen-bond donors (Lipinski definition) is 1. The van der Waals surface area contributed by atoms with Crippen LogP contribution in [0.4, 0.5) is 4.39 Å². The Hall–Kier alpha value is -0.660. The van der Waals surface area contributed by atoms with E-state index in [1.54, 1.807) is 0 Å². The lowest BCUT2D eigenvalue weighted by atomic mass is 10.2. The predicted octanol–water partition coefficient (Wildman–Crippen LogP) is 3.44. The second kappa shape index (κ2) is 7.38. The zero-order valence-corrected chi connectivity index (χ0v) is 13.9. The molecule has 1 rings (SSSR count). The van der Waals surface area contributed by atoms with Crippen LogP contribution in [0.25, 0.3) is 0 Å². The Labute approximate surface area is 130 Å². The van der Waals surface area contributed by atoms with Gasteiger partial charge in [0.2, 0.25) is 0 Å². The molecule has 0 aliphatic rings. The Morgan fingerprint density at radius 3 is 2.60 bits per heavy atom. The minimum absolute atomic E-state index is 0.261. The van der Waals surface area contributed by atoms with Crippen molar-refractivity contribution < 1.29 is 17.6 Å². The molecule has 1 aromatic rings. The molecule has 0 aliphatic heterocycles. The van der Waals surface area contributed by atoms with Crippen molar-refractivity contribution in [1.82, 2.24) is 5.32 Å². The minimum atomic E-state index is -4.25. The number of nitrogens with one attached hydrogen (secondary N) is 1. The molecule has 0 saturated carbocycles. The first kappa shape index (κ1) is 17.4. The zero-order valence-electron chi connectivity index (χ0n) is 10.8. The molecular weight excluding hydrogens is 373 g/mol. The highest BCUT2D eigenvalue weighted by atomic mass is 79.9. The van der Waals surface area contributed by atoms with Gasteiger partial charge < -0.3 is 5.32 Å². The van der Waals surface area contributed by atoms with Crippen molar-refractivity contribution in [3.63, 3.8) is 0 Å². The number of unbranched alkanes of at least 4 members (excludes halogenated alkanes) is 2. The summed E-state index contributed by atoms with van der Waals surface area (Å²) < 4.78 is 36.8. The number of carbonyl (C=O) groups is 1. The first-order chi connectivity index (χ1) is 9.27. The second-order valence-electron chi connectivity index (χ2n) is 4.17. The summed E-state index contributed by atoms with van der Waals surface area (Å²) in [6.07, 6.45) is 2.72. The SMILES string of the molecule is CCCCCNC(=O)c1cc(Br)cc(S(=O)(=O)Cl)c1F. The van der Waals surface area contributed by atoms with Crippen LogP contribution in [0.5, 0.6) is 0 Å². The Bertz CT molecular complexity index is 607. The van der Waals surface area contributed by atoms with Crippen molar-refractivity contribution in [3.8, 4) is 0 Å². The maximum absolute atomic E-state index is 14.0. The predicted molar refractivity (Wildman–Crippen MR) is 79.0 cm³/mol. The van der Waals surface area contributed by atoms with Crippen molar-refractivity contribution >= 4 is 41.6 Å². The van der Waals surface area contributed by atoms with Gasteiger partial charge in [-0.3, -0.25) is 4.79 Å². The minimum Gasteiger partial charge on any atom is -0.352 e. The van der Waals surface area contributed by atoms with Crippen LogP contribution in [0.2, 0.25) is 0 Å². The van der Waals surface area contributed by atoms with Gasteiger partial charge in [-0.25, -0.2) is 12.8 Å². The standard InChI is InChI=1S/C12H14BrClFNO3S/c1-2-3-4-5-16-12(17)9-6-8(13)7-10(11(9)15)20(14,18)19/h6-7H,2-5H2,1H3,(H,16,17). The maximum Gasteiger partial charge on any atom is 0.264 e. The van der Waals surface area contributed by atoms with Gasteiger partial charge in [0.05, 0.1) is 5.56 Å². The molecule has 20 heavy (non-hydrogen) atoms. The van der Waals surface area contributed by atoms with Gasteiger partial charge in [0.1, 0.15) is 4.90 Å². The lowest BCUT2D eigenvalue weighted by molar-refractivity contribution is 0.0948. The van der Waals surface area contributed by atoms with Gasteiger partial charge in [-0.2, -0.15) is 0 Å². The van der Waals surface area contributed by atoms with Crippen LogP contribution < -0.4 is 5.32 Å². The molecule has 1 amide bonds. The molecular formula is C12H14BrClFNO3S. The van der Waals surface area contributed by atoms with Gasteiger partial charge in [0, 0.05) is 21.7 Å². The van der Waals surface area contributed by atoms with Crippen molar-refractivity contribution in [2.75, 3.05) is 6.54 Å². The second-order valence-corrected chi connectivity index (χ2v) is 7.62. The van der Waals surface area contributed by atoms with Crippen molar-refractivity contribution in [2.45, 2.75) is 31.1 Å². The van der Waals surface area contributed by atoms with E-state index in [0.29, 0.717) is 6.54 Å². The van der Waals surface area contributed by atoms with Gasteiger partial charge in [-0.1, -0.05) is 35.7 Å². The summed E-state index contributed by atoms with van der Waals surface area (Å²) in [4.78, 5) is 11.1. The fourth-order valence-electron chi connectivity index (χ4n) is 1.58. The smallest absolute Gasteiger partial charge is 0.264 e. The van der Waals surface area contributed by atoms with Crippen LogP contribution in [0.1, 0.15) is 36.5 Å². The third-order valence-electron chi connectivity index (χ3n) is 2.58. The number of amides is 1. The average Bonchev–Trinajstić information content (AvgIpc) is 2.35. The zero-order chi connectivity index (χ0) is 15.3. The van der Waals surface area contributed by atoms with Crippen LogP contribution in [-0.2, 0) is 9.05 Å². The molecule has 112 valence electrons. The summed E-state index contributed by atoms with van der Waals surface area (Å²) >= 11 is 3.03. The van der Waals surface area contributed by atoms with Gasteiger partial charge in [-0.15, -0.1) is 0 Å². The van der Waals surface area contributed by atoms with E-state index in [9.17, 15) is 17.6 Å². The number of halogens is 3. The summed E-state index contributed by atoms with van der Waals surface area (Å²) in [5.41, 5.74) is -0.352. The number of benzene rings is 1. The van der Waals surface area contributed by atoms with E-state index >= 15 is 0 Å². The molecule has 0 radical (unpaired) electrons. The number of rotatable bonds is 6. The van der Waals surface area contributed by atoms with E-state index in [4.69, 9.17) is 10.7 Å². The first-order valence-corrected chi connectivity index (χ1v) is 9.09. The third-order valence-corrected chi connectivity index (χ3v) is 4.36. The normalized spacial score (nSPS) is 11.4. The fourth-order valence-corrected chi connectivity index (χ4v) is 3.12. The Morgan fingerprint density at radius 1 is 1.40 bits per heavy atom. The molecule has 0 aromatic heterocycles. The summed E-state index contributed by atoms with van der Waals surface area (Å²) in [7, 11) is 0.884. The molecule has 8 heteroatoms. The summed E-state index contributed by atoms with van der Waals surface area (Å²) in [5.74, 6) is -1.81. The Morgan fingerprint density at radius 2 is 2.05 bits per heavy atom. The molecule has 0 heterocycles. The van der Waals surface area contributed by atoms with Crippen molar-refractivity contribution in [3.05, 3.63) is 28.0 Å². The average molecular weight is 387 g/mol. The molecule has 0 fully saturated rings. The van der Waals surface area contributed by atoms with Gasteiger partial charge in [-0.05, 0) is 18.6 Å². The van der Waals surface area contributed by atoms with Gasteiger partial charge in [0.15, 0.2) is 5.82 Å². The highest BCUT2D eigenvalue weighted by Gasteiger charge is 2.23. The van der Waals surface area contributed by atoms with Crippen molar-refractivity contribution in [1.29, 1.82) is 0 Å². The molecule has 0 saturated heterocycles. The Kier molecular flexibility index (Phi) is 6.42. The fraction of sp³-hybridized carbons (Fsp3) is 0.417. The largest absolute Gasteiger partial charge is 0.352 e. The summed E-state index contributed by atoms with van der Waals surface area (Å²) in [6, 6.07) is 2.24. The molecule has 0 atom stereocenters. The highest BCUT2D eigenvalue weighted by Crippen LogP contribution is 2.26. The molecule has 1 N–H and O–H groups in total. The van der Waals surface area contributed by atoms with Crippen LogP contribution in [0, 0.1) is 5.82 Å². The van der Waals surface area contributed by atoms with E-state index in [2.05, 4.69) is 21.2 Å². The third kappa shape index (κ3) is 4.71. The number of carbonyl (C=O) groups excluding carboxylic acids is 1. The topological polar surface area (TPSA) is 63.2 Å². The first-order valence-electron chi connectivity index (χ1n) is 5.99. The van der Waals surface area contributed by atoms with E-state index in [1.807, 2.05) is 6.92 Å². The van der Waals surface area contributed by atoms with E-state index in [0.717, 1.165) is 25.3 Å². The molecule has 0 bridgehead atoms. The summed E-state index contributed by atoms with van der Waals surface area (Å²) in [5, 5.41) is 2.54. The monoisotopic (exact) mass is 385 g/mol. The van der Waals surface area contributed by atoms with E-state index < -0.39 is 25.7 Å². The number of hydrogen-bond acceptors (Lipinski definition) is 3. The molecule has 0 unspecified atom stereocenters. The molecule has 1 aromatic carbocycles. The Balaban J connectivity index is 3.01.